The normalized spacial score (nSPS) is 19.6. The van der Waals surface area contributed by atoms with Crippen LogP contribution in [0.4, 0.5) is 5.69 Å². The summed E-state index contributed by atoms with van der Waals surface area (Å²) in [5.74, 6) is 0. The summed E-state index contributed by atoms with van der Waals surface area (Å²) >= 11 is 0. The van der Waals surface area contributed by atoms with Gasteiger partial charge in [0.25, 0.3) is 0 Å². The molecule has 0 saturated carbocycles. The summed E-state index contributed by atoms with van der Waals surface area (Å²) in [5.41, 5.74) is 2.01. The third kappa shape index (κ3) is 2.22. The highest BCUT2D eigenvalue weighted by molar-refractivity contribution is 5.90. The first-order valence-corrected chi connectivity index (χ1v) is 6.11. The van der Waals surface area contributed by atoms with Crippen molar-refractivity contribution in [3.8, 4) is 0 Å². The largest absolute Gasteiger partial charge is 0.382 e. The van der Waals surface area contributed by atoms with Gasteiger partial charge in [0.1, 0.15) is 0 Å². The van der Waals surface area contributed by atoms with E-state index in [0.717, 1.165) is 29.7 Å². The third-order valence-corrected chi connectivity index (χ3v) is 3.25. The van der Waals surface area contributed by atoms with Crippen molar-refractivity contribution in [2.75, 3.05) is 18.4 Å². The maximum atomic E-state index is 4.12. The van der Waals surface area contributed by atoms with Crippen LogP contribution in [0.3, 0.4) is 0 Å². The van der Waals surface area contributed by atoms with Gasteiger partial charge in [0.2, 0.25) is 0 Å². The number of rotatable bonds is 3. The molecule has 2 heterocycles. The summed E-state index contributed by atoms with van der Waals surface area (Å²) < 4.78 is 0. The van der Waals surface area contributed by atoms with Crippen molar-refractivity contribution in [1.82, 2.24) is 15.5 Å². The Bertz CT molecular complexity index is 500. The van der Waals surface area contributed by atoms with Gasteiger partial charge in [-0.15, -0.1) is 0 Å². The predicted octanol–water partition coefficient (Wildman–Crippen LogP) is 1.79. The van der Waals surface area contributed by atoms with E-state index in [1.807, 2.05) is 18.2 Å². The second-order valence-electron chi connectivity index (χ2n) is 4.45. The number of nitrogens with zero attached hydrogens (tertiary/aromatic N) is 2. The fourth-order valence-electron chi connectivity index (χ4n) is 2.31. The molecule has 0 radical (unpaired) electrons. The second-order valence-corrected chi connectivity index (χ2v) is 4.45. The molecule has 2 N–H and O–H groups in total. The van der Waals surface area contributed by atoms with E-state index in [4.69, 9.17) is 0 Å². The quantitative estimate of drug-likeness (QED) is 0.841. The van der Waals surface area contributed by atoms with Crippen LogP contribution in [-0.2, 0) is 0 Å². The minimum absolute atomic E-state index is 0.585. The molecule has 1 unspecified atom stereocenters. The monoisotopic (exact) mass is 228 g/mol. The Labute approximate surface area is 100 Å². The van der Waals surface area contributed by atoms with Crippen molar-refractivity contribution in [3.63, 3.8) is 0 Å². The summed E-state index contributed by atoms with van der Waals surface area (Å²) in [4.78, 5) is 0. The van der Waals surface area contributed by atoms with Crippen LogP contribution in [-0.4, -0.2) is 29.3 Å². The summed E-state index contributed by atoms with van der Waals surface area (Å²) in [6.07, 6.45) is 4.34. The molecule has 0 aliphatic carbocycles. The maximum absolute atomic E-state index is 4.12. The highest BCUT2D eigenvalue weighted by Crippen LogP contribution is 2.20. The highest BCUT2D eigenvalue weighted by atomic mass is 15.1. The van der Waals surface area contributed by atoms with E-state index >= 15 is 0 Å². The number of nitrogens with one attached hydrogen (secondary N) is 2. The van der Waals surface area contributed by atoms with Crippen LogP contribution in [0.1, 0.15) is 12.8 Å². The molecule has 1 fully saturated rings. The fraction of sp³-hybridized carbons (Fsp3) is 0.385. The Hall–Kier alpha value is -1.68. The Balaban J connectivity index is 1.79. The van der Waals surface area contributed by atoms with Crippen molar-refractivity contribution in [2.45, 2.75) is 18.9 Å². The number of aromatic nitrogens is 2. The van der Waals surface area contributed by atoms with Crippen molar-refractivity contribution >= 4 is 16.6 Å². The molecule has 1 aliphatic heterocycles. The lowest BCUT2D eigenvalue weighted by Gasteiger charge is -2.13. The Kier molecular flexibility index (Phi) is 2.88. The zero-order valence-corrected chi connectivity index (χ0v) is 9.69. The van der Waals surface area contributed by atoms with E-state index in [0.29, 0.717) is 6.04 Å². The summed E-state index contributed by atoms with van der Waals surface area (Å²) in [6, 6.07) is 8.67. The van der Waals surface area contributed by atoms with Crippen LogP contribution < -0.4 is 10.6 Å². The topological polar surface area (TPSA) is 49.8 Å². The van der Waals surface area contributed by atoms with Gasteiger partial charge in [0.05, 0.1) is 17.4 Å². The van der Waals surface area contributed by atoms with Gasteiger partial charge in [-0.1, -0.05) is 18.2 Å². The van der Waals surface area contributed by atoms with Crippen molar-refractivity contribution in [2.24, 2.45) is 0 Å². The first-order chi connectivity index (χ1) is 8.43. The molecule has 88 valence electrons. The Morgan fingerprint density at radius 2 is 2.29 bits per heavy atom. The molecule has 0 bridgehead atoms. The SMILES string of the molecule is c1ccc2c(NCC3CCCN3)cnnc2c1. The van der Waals surface area contributed by atoms with Gasteiger partial charge < -0.3 is 10.6 Å². The molecule has 4 heteroatoms. The van der Waals surface area contributed by atoms with Crippen molar-refractivity contribution in [3.05, 3.63) is 30.5 Å². The van der Waals surface area contributed by atoms with Gasteiger partial charge in [-0.2, -0.15) is 10.2 Å². The molecule has 1 aromatic heterocycles. The molecule has 1 aliphatic rings. The van der Waals surface area contributed by atoms with E-state index in [-0.39, 0.29) is 0 Å². The van der Waals surface area contributed by atoms with Crippen LogP contribution in [0.2, 0.25) is 0 Å². The van der Waals surface area contributed by atoms with E-state index in [9.17, 15) is 0 Å². The molecule has 1 atom stereocenters. The van der Waals surface area contributed by atoms with Gasteiger partial charge in [0, 0.05) is 18.0 Å². The zero-order chi connectivity index (χ0) is 11.5. The van der Waals surface area contributed by atoms with Crippen LogP contribution in [0.15, 0.2) is 30.5 Å². The average Bonchev–Trinajstić information content (AvgIpc) is 2.89. The molecular formula is C13H16N4. The molecule has 4 nitrogen and oxygen atoms in total. The summed E-state index contributed by atoms with van der Waals surface area (Å²) in [7, 11) is 0. The lowest BCUT2D eigenvalue weighted by atomic mass is 10.2. The van der Waals surface area contributed by atoms with E-state index in [1.54, 1.807) is 6.20 Å². The van der Waals surface area contributed by atoms with Crippen LogP contribution >= 0.6 is 0 Å². The standard InChI is InChI=1S/C13H16N4/c1-2-6-12-11(5-1)13(9-16-17-12)15-8-10-4-3-7-14-10/h1-2,5-6,9-10,14H,3-4,7-8H2,(H,15,17). The molecule has 0 amide bonds. The van der Waals surface area contributed by atoms with Gasteiger partial charge >= 0.3 is 0 Å². The average molecular weight is 228 g/mol. The smallest absolute Gasteiger partial charge is 0.0950 e. The predicted molar refractivity (Wildman–Crippen MR) is 69.1 cm³/mol. The van der Waals surface area contributed by atoms with E-state index in [2.05, 4.69) is 26.9 Å². The molecule has 2 aromatic rings. The van der Waals surface area contributed by atoms with Gasteiger partial charge in [-0.3, -0.25) is 0 Å². The molecule has 1 aromatic carbocycles. The van der Waals surface area contributed by atoms with Gasteiger partial charge in [0.15, 0.2) is 0 Å². The molecule has 17 heavy (non-hydrogen) atoms. The van der Waals surface area contributed by atoms with Gasteiger partial charge in [-0.05, 0) is 25.5 Å². The highest BCUT2D eigenvalue weighted by Gasteiger charge is 2.13. The lowest BCUT2D eigenvalue weighted by Crippen LogP contribution is -2.29. The van der Waals surface area contributed by atoms with E-state index < -0.39 is 0 Å². The van der Waals surface area contributed by atoms with Crippen LogP contribution in [0.25, 0.3) is 10.9 Å². The van der Waals surface area contributed by atoms with Crippen LogP contribution in [0, 0.1) is 0 Å². The Morgan fingerprint density at radius 1 is 1.35 bits per heavy atom. The van der Waals surface area contributed by atoms with Crippen LogP contribution in [0.5, 0.6) is 0 Å². The summed E-state index contributed by atoms with van der Waals surface area (Å²) in [6.45, 7) is 2.09. The Morgan fingerprint density at radius 3 is 3.18 bits per heavy atom. The second kappa shape index (κ2) is 4.67. The molecule has 3 rings (SSSR count). The van der Waals surface area contributed by atoms with Crippen molar-refractivity contribution < 1.29 is 0 Å². The maximum Gasteiger partial charge on any atom is 0.0950 e. The van der Waals surface area contributed by atoms with Gasteiger partial charge in [-0.25, -0.2) is 0 Å². The molecular weight excluding hydrogens is 212 g/mol. The first kappa shape index (κ1) is 10.5. The zero-order valence-electron chi connectivity index (χ0n) is 9.69. The minimum atomic E-state index is 0.585. The number of anilines is 1. The molecule has 0 spiro atoms. The third-order valence-electron chi connectivity index (χ3n) is 3.25. The number of fused-ring (bicyclic) bond motifs is 1. The number of benzene rings is 1. The number of hydrogen-bond donors (Lipinski definition) is 2. The van der Waals surface area contributed by atoms with Crippen molar-refractivity contribution in [1.29, 1.82) is 0 Å². The number of hydrogen-bond acceptors (Lipinski definition) is 4. The summed E-state index contributed by atoms with van der Waals surface area (Å²) in [5, 5.41) is 16.2. The molecule has 1 saturated heterocycles. The fourth-order valence-corrected chi connectivity index (χ4v) is 2.31. The first-order valence-electron chi connectivity index (χ1n) is 6.11. The van der Waals surface area contributed by atoms with E-state index in [1.165, 1.54) is 12.8 Å². The lowest BCUT2D eigenvalue weighted by molar-refractivity contribution is 0.633. The minimum Gasteiger partial charge on any atom is -0.382 e.